The lowest BCUT2D eigenvalue weighted by Gasteiger charge is -2.09. The molecule has 0 saturated carbocycles. The van der Waals surface area contributed by atoms with Crippen LogP contribution in [0.3, 0.4) is 0 Å². The van der Waals surface area contributed by atoms with Crippen LogP contribution in [0.2, 0.25) is 0 Å². The van der Waals surface area contributed by atoms with E-state index in [0.29, 0.717) is 11.5 Å². The molecule has 0 aliphatic rings. The van der Waals surface area contributed by atoms with E-state index in [1.807, 2.05) is 0 Å². The van der Waals surface area contributed by atoms with Crippen molar-refractivity contribution in [3.63, 3.8) is 0 Å². The Bertz CT molecular complexity index is 416. The first-order valence-corrected chi connectivity index (χ1v) is 6.77. The molecule has 0 N–H and O–H groups in total. The zero-order valence-corrected chi connectivity index (χ0v) is 10.9. The van der Waals surface area contributed by atoms with Crippen LogP contribution in [0.25, 0.3) is 0 Å². The van der Waals surface area contributed by atoms with Gasteiger partial charge < -0.3 is 0 Å². The van der Waals surface area contributed by atoms with E-state index in [1.54, 1.807) is 0 Å². The van der Waals surface area contributed by atoms with Crippen molar-refractivity contribution in [3.05, 3.63) is 34.4 Å². The van der Waals surface area contributed by atoms with Gasteiger partial charge in [-0.2, -0.15) is 10.5 Å². The molecule has 0 fully saturated rings. The highest BCUT2D eigenvalue weighted by molar-refractivity contribution is 8.03. The van der Waals surface area contributed by atoms with Crippen molar-refractivity contribution in [1.29, 1.82) is 10.5 Å². The number of thiocyanates is 2. The summed E-state index contributed by atoms with van der Waals surface area (Å²) < 4.78 is 0. The zero-order chi connectivity index (χ0) is 12.0. The molecule has 0 unspecified atom stereocenters. The van der Waals surface area contributed by atoms with Crippen LogP contribution in [-0.4, -0.2) is 0 Å². The standard InChI is InChI=1S/C12H12N2S2/c1-9-3-10(2)12(6-16-8-14)4-11(9)5-15-7-13/h3-4H,5-6H2,1-2H3. The minimum atomic E-state index is 0.715. The van der Waals surface area contributed by atoms with Gasteiger partial charge >= 0.3 is 0 Å². The zero-order valence-electron chi connectivity index (χ0n) is 9.28. The number of aryl methyl sites for hydroxylation is 2. The van der Waals surface area contributed by atoms with Crippen molar-refractivity contribution in [2.75, 3.05) is 0 Å². The van der Waals surface area contributed by atoms with Gasteiger partial charge in [0.05, 0.1) is 0 Å². The van der Waals surface area contributed by atoms with Crippen LogP contribution in [0.5, 0.6) is 0 Å². The summed E-state index contributed by atoms with van der Waals surface area (Å²) in [6.07, 6.45) is 0. The highest BCUT2D eigenvalue weighted by atomic mass is 32.2. The Hall–Kier alpha value is -1.10. The number of nitrogens with zero attached hydrogens (tertiary/aromatic N) is 2. The van der Waals surface area contributed by atoms with Crippen LogP contribution in [0, 0.1) is 35.2 Å². The monoisotopic (exact) mass is 248 g/mol. The van der Waals surface area contributed by atoms with Gasteiger partial charge in [0.15, 0.2) is 0 Å². The van der Waals surface area contributed by atoms with Gasteiger partial charge in [-0.05, 0) is 59.6 Å². The van der Waals surface area contributed by atoms with Gasteiger partial charge in [-0.3, -0.25) is 0 Å². The Morgan fingerprint density at radius 1 is 0.938 bits per heavy atom. The smallest absolute Gasteiger partial charge is 0.133 e. The van der Waals surface area contributed by atoms with Crippen molar-refractivity contribution in [3.8, 4) is 10.8 Å². The van der Waals surface area contributed by atoms with E-state index in [9.17, 15) is 0 Å². The van der Waals surface area contributed by atoms with Crippen molar-refractivity contribution in [2.24, 2.45) is 0 Å². The Kier molecular flexibility index (Phi) is 5.25. The predicted octanol–water partition coefficient (Wildman–Crippen LogP) is 3.73. The molecule has 0 aromatic heterocycles. The first kappa shape index (κ1) is 13.0. The van der Waals surface area contributed by atoms with Gasteiger partial charge in [0.2, 0.25) is 0 Å². The fourth-order valence-corrected chi connectivity index (χ4v) is 2.54. The molecule has 0 bridgehead atoms. The third kappa shape index (κ3) is 3.48. The number of hydrogen-bond acceptors (Lipinski definition) is 4. The van der Waals surface area contributed by atoms with Crippen LogP contribution >= 0.6 is 23.5 Å². The van der Waals surface area contributed by atoms with Crippen LogP contribution in [0.15, 0.2) is 12.1 Å². The minimum Gasteiger partial charge on any atom is -0.185 e. The summed E-state index contributed by atoms with van der Waals surface area (Å²) in [6.45, 7) is 4.11. The van der Waals surface area contributed by atoms with E-state index < -0.39 is 0 Å². The summed E-state index contributed by atoms with van der Waals surface area (Å²) in [5.74, 6) is 1.43. The topological polar surface area (TPSA) is 47.6 Å². The molecule has 1 aromatic carbocycles. The number of nitriles is 2. The van der Waals surface area contributed by atoms with E-state index in [1.165, 1.54) is 45.8 Å². The van der Waals surface area contributed by atoms with E-state index in [0.717, 1.165) is 0 Å². The third-order valence-corrected chi connectivity index (χ3v) is 3.55. The molecule has 82 valence electrons. The number of hydrogen-bond donors (Lipinski definition) is 0. The molecule has 0 heterocycles. The van der Waals surface area contributed by atoms with Crippen LogP contribution in [-0.2, 0) is 11.5 Å². The quantitative estimate of drug-likeness (QED) is 0.762. The summed E-state index contributed by atoms with van der Waals surface area (Å²) in [5.41, 5.74) is 4.80. The Morgan fingerprint density at radius 3 is 1.75 bits per heavy atom. The van der Waals surface area contributed by atoms with Gasteiger partial charge in [-0.25, -0.2) is 0 Å². The molecule has 0 amide bonds. The maximum Gasteiger partial charge on any atom is 0.133 e. The molecule has 1 rings (SSSR count). The second-order valence-electron chi connectivity index (χ2n) is 3.47. The first-order chi connectivity index (χ1) is 7.69. The maximum absolute atomic E-state index is 8.55. The molecular weight excluding hydrogens is 236 g/mol. The number of rotatable bonds is 4. The molecule has 4 heteroatoms. The maximum atomic E-state index is 8.55. The Balaban J connectivity index is 2.93. The van der Waals surface area contributed by atoms with E-state index in [2.05, 4.69) is 36.8 Å². The molecule has 0 aliphatic heterocycles. The second kappa shape index (κ2) is 6.48. The second-order valence-corrected chi connectivity index (χ2v) is 4.98. The van der Waals surface area contributed by atoms with Gasteiger partial charge in [0.1, 0.15) is 10.8 Å². The fourth-order valence-electron chi connectivity index (χ4n) is 1.48. The van der Waals surface area contributed by atoms with Crippen molar-refractivity contribution in [2.45, 2.75) is 25.4 Å². The SMILES string of the molecule is Cc1cc(C)c(CSC#N)cc1CSC#N. The molecule has 0 saturated heterocycles. The molecule has 0 spiro atoms. The average molecular weight is 248 g/mol. The van der Waals surface area contributed by atoms with Gasteiger partial charge in [-0.1, -0.05) is 12.1 Å². The molecule has 0 radical (unpaired) electrons. The highest BCUT2D eigenvalue weighted by Gasteiger charge is 2.05. The predicted molar refractivity (Wildman–Crippen MR) is 69.7 cm³/mol. The Labute approximate surface area is 105 Å². The van der Waals surface area contributed by atoms with Crippen LogP contribution in [0.4, 0.5) is 0 Å². The third-order valence-electron chi connectivity index (χ3n) is 2.38. The first-order valence-electron chi connectivity index (χ1n) is 4.79. The summed E-state index contributed by atoms with van der Waals surface area (Å²) in [4.78, 5) is 0. The normalized spacial score (nSPS) is 9.50. The molecular formula is C12H12N2S2. The van der Waals surface area contributed by atoms with Crippen molar-refractivity contribution in [1.82, 2.24) is 0 Å². The fraction of sp³-hybridized carbons (Fsp3) is 0.333. The largest absolute Gasteiger partial charge is 0.185 e. The molecule has 2 nitrogen and oxygen atoms in total. The summed E-state index contributed by atoms with van der Waals surface area (Å²) in [6, 6.07) is 4.24. The summed E-state index contributed by atoms with van der Waals surface area (Å²) in [7, 11) is 0. The van der Waals surface area contributed by atoms with Gasteiger partial charge in [0, 0.05) is 11.5 Å². The lowest BCUT2D eigenvalue weighted by atomic mass is 10.0. The Morgan fingerprint density at radius 2 is 1.38 bits per heavy atom. The molecule has 0 aliphatic carbocycles. The van der Waals surface area contributed by atoms with E-state index in [-0.39, 0.29) is 0 Å². The van der Waals surface area contributed by atoms with Crippen LogP contribution in [0.1, 0.15) is 22.3 Å². The van der Waals surface area contributed by atoms with Crippen molar-refractivity contribution >= 4 is 23.5 Å². The summed E-state index contributed by atoms with van der Waals surface area (Å²) in [5, 5.41) is 21.3. The number of thioether (sulfide) groups is 2. The van der Waals surface area contributed by atoms with Gasteiger partial charge in [0.25, 0.3) is 0 Å². The van der Waals surface area contributed by atoms with E-state index >= 15 is 0 Å². The summed E-state index contributed by atoms with van der Waals surface area (Å²) >= 11 is 2.50. The lowest BCUT2D eigenvalue weighted by molar-refractivity contribution is 1.21. The minimum absolute atomic E-state index is 0.715. The molecule has 0 atom stereocenters. The van der Waals surface area contributed by atoms with Gasteiger partial charge in [-0.15, -0.1) is 0 Å². The number of benzene rings is 1. The molecule has 1 aromatic rings. The lowest BCUT2D eigenvalue weighted by Crippen LogP contribution is -1.93. The average Bonchev–Trinajstić information content (AvgIpc) is 2.26. The van der Waals surface area contributed by atoms with Crippen LogP contribution < -0.4 is 0 Å². The molecule has 16 heavy (non-hydrogen) atoms. The van der Waals surface area contributed by atoms with Crippen molar-refractivity contribution < 1.29 is 0 Å². The van der Waals surface area contributed by atoms with E-state index in [4.69, 9.17) is 10.5 Å². The highest BCUT2D eigenvalue weighted by Crippen LogP contribution is 2.23.